The molecule has 0 spiro atoms. The number of hydrogen-bond donors (Lipinski definition) is 2. The molecule has 0 amide bonds. The molecule has 3 N–H and O–H groups in total. The maximum absolute atomic E-state index is 9.30. The Kier molecular flexibility index (Phi) is 6.89. The van der Waals surface area contributed by atoms with E-state index in [0.717, 1.165) is 18.6 Å². The van der Waals surface area contributed by atoms with Gasteiger partial charge in [-0.2, -0.15) is 0 Å². The third-order valence-corrected chi connectivity index (χ3v) is 3.69. The van der Waals surface area contributed by atoms with Crippen molar-refractivity contribution >= 4 is 0 Å². The molecule has 0 fully saturated rings. The van der Waals surface area contributed by atoms with Gasteiger partial charge in [0.2, 0.25) is 0 Å². The Morgan fingerprint density at radius 3 is 2.53 bits per heavy atom. The monoisotopic (exact) mass is 265 g/mol. The second kappa shape index (κ2) is 8.18. The van der Waals surface area contributed by atoms with E-state index in [-0.39, 0.29) is 12.5 Å². The zero-order chi connectivity index (χ0) is 14.3. The van der Waals surface area contributed by atoms with Crippen molar-refractivity contribution in [2.24, 2.45) is 11.7 Å². The van der Waals surface area contributed by atoms with Gasteiger partial charge in [-0.25, -0.2) is 0 Å². The zero-order valence-corrected chi connectivity index (χ0v) is 12.4. The molecule has 1 aromatic rings. The van der Waals surface area contributed by atoms with Crippen molar-refractivity contribution in [2.45, 2.75) is 39.5 Å². The van der Waals surface area contributed by atoms with Crippen LogP contribution in [0.2, 0.25) is 0 Å². The Morgan fingerprint density at radius 1 is 1.32 bits per heavy atom. The Balaban J connectivity index is 2.86. The summed E-state index contributed by atoms with van der Waals surface area (Å²) in [5.74, 6) is 1.57. The molecule has 19 heavy (non-hydrogen) atoms. The van der Waals surface area contributed by atoms with Crippen molar-refractivity contribution in [3.8, 4) is 5.75 Å². The molecule has 3 heteroatoms. The molecule has 0 aliphatic heterocycles. The summed E-state index contributed by atoms with van der Waals surface area (Å²) in [7, 11) is 0. The number of benzene rings is 1. The fraction of sp³-hybridized carbons (Fsp3) is 0.625. The highest BCUT2D eigenvalue weighted by molar-refractivity contribution is 5.37. The van der Waals surface area contributed by atoms with Crippen LogP contribution < -0.4 is 10.5 Å². The molecule has 1 aromatic carbocycles. The molecule has 0 aliphatic rings. The number of hydrogen-bond acceptors (Lipinski definition) is 3. The van der Waals surface area contributed by atoms with Gasteiger partial charge in [0.05, 0.1) is 6.61 Å². The molecule has 0 aromatic heterocycles. The van der Waals surface area contributed by atoms with Crippen LogP contribution in [-0.2, 0) is 0 Å². The summed E-state index contributed by atoms with van der Waals surface area (Å²) < 4.78 is 5.52. The SMILES string of the molecule is CCOc1ccc(C(CC)CC(CN)CO)c(C)c1. The standard InChI is InChI=1S/C16H27NO2/c1-4-14(9-13(10-17)11-18)16-7-6-15(19-5-2)8-12(16)3/h6-8,13-14,18H,4-5,9-11,17H2,1-3H3. The van der Waals surface area contributed by atoms with Gasteiger partial charge in [0.25, 0.3) is 0 Å². The third kappa shape index (κ3) is 4.51. The normalized spacial score (nSPS) is 14.2. The Hall–Kier alpha value is -1.06. The molecule has 0 aliphatic carbocycles. The lowest BCUT2D eigenvalue weighted by atomic mass is 9.85. The molecule has 0 heterocycles. The second-order valence-electron chi connectivity index (χ2n) is 5.08. The van der Waals surface area contributed by atoms with E-state index in [0.29, 0.717) is 19.1 Å². The smallest absolute Gasteiger partial charge is 0.119 e. The summed E-state index contributed by atoms with van der Waals surface area (Å²) in [6, 6.07) is 6.28. The van der Waals surface area contributed by atoms with Crippen molar-refractivity contribution in [3.63, 3.8) is 0 Å². The minimum Gasteiger partial charge on any atom is -0.494 e. The Labute approximate surface area is 116 Å². The second-order valence-corrected chi connectivity index (χ2v) is 5.08. The molecule has 1 rings (SSSR count). The number of aryl methyl sites for hydroxylation is 1. The lowest BCUT2D eigenvalue weighted by Gasteiger charge is -2.22. The quantitative estimate of drug-likeness (QED) is 0.760. The average molecular weight is 265 g/mol. The van der Waals surface area contributed by atoms with E-state index >= 15 is 0 Å². The Morgan fingerprint density at radius 2 is 2.05 bits per heavy atom. The number of aliphatic hydroxyl groups is 1. The van der Waals surface area contributed by atoms with E-state index in [1.54, 1.807) is 0 Å². The lowest BCUT2D eigenvalue weighted by molar-refractivity contribution is 0.214. The van der Waals surface area contributed by atoms with Crippen LogP contribution in [-0.4, -0.2) is 24.9 Å². The first-order valence-electron chi connectivity index (χ1n) is 7.20. The van der Waals surface area contributed by atoms with E-state index in [9.17, 15) is 5.11 Å². The van der Waals surface area contributed by atoms with Gasteiger partial charge in [0.15, 0.2) is 0 Å². The van der Waals surface area contributed by atoms with Crippen molar-refractivity contribution < 1.29 is 9.84 Å². The van der Waals surface area contributed by atoms with Crippen LogP contribution in [0.25, 0.3) is 0 Å². The summed E-state index contributed by atoms with van der Waals surface area (Å²) in [4.78, 5) is 0. The van der Waals surface area contributed by atoms with Crippen molar-refractivity contribution in [3.05, 3.63) is 29.3 Å². The topological polar surface area (TPSA) is 55.5 Å². The van der Waals surface area contributed by atoms with E-state index in [1.165, 1.54) is 11.1 Å². The van der Waals surface area contributed by atoms with Gasteiger partial charge < -0.3 is 15.6 Å². The number of nitrogens with two attached hydrogens (primary N) is 1. The largest absolute Gasteiger partial charge is 0.494 e. The minimum absolute atomic E-state index is 0.170. The summed E-state index contributed by atoms with van der Waals surface area (Å²) in [6.45, 7) is 7.70. The highest BCUT2D eigenvalue weighted by atomic mass is 16.5. The molecule has 2 unspecified atom stereocenters. The summed E-state index contributed by atoms with van der Waals surface area (Å²) >= 11 is 0. The fourth-order valence-corrected chi connectivity index (χ4v) is 2.52. The third-order valence-electron chi connectivity index (χ3n) is 3.69. The van der Waals surface area contributed by atoms with E-state index in [4.69, 9.17) is 10.5 Å². The van der Waals surface area contributed by atoms with Crippen LogP contribution in [0.4, 0.5) is 0 Å². The minimum atomic E-state index is 0.170. The maximum Gasteiger partial charge on any atom is 0.119 e. The van der Waals surface area contributed by atoms with Crippen LogP contribution in [0.1, 0.15) is 43.7 Å². The Bertz CT molecular complexity index is 375. The van der Waals surface area contributed by atoms with Crippen LogP contribution >= 0.6 is 0 Å². The lowest BCUT2D eigenvalue weighted by Crippen LogP contribution is -2.21. The van der Waals surface area contributed by atoms with Crippen molar-refractivity contribution in [2.75, 3.05) is 19.8 Å². The van der Waals surface area contributed by atoms with E-state index < -0.39 is 0 Å². The van der Waals surface area contributed by atoms with Gasteiger partial charge >= 0.3 is 0 Å². The van der Waals surface area contributed by atoms with Gasteiger partial charge in [0.1, 0.15) is 5.75 Å². The van der Waals surface area contributed by atoms with Crippen LogP contribution in [0.5, 0.6) is 5.75 Å². The molecular weight excluding hydrogens is 238 g/mol. The predicted molar refractivity (Wildman–Crippen MR) is 79.6 cm³/mol. The highest BCUT2D eigenvalue weighted by Gasteiger charge is 2.17. The first kappa shape index (κ1) is 16.0. The van der Waals surface area contributed by atoms with Crippen LogP contribution in [0, 0.1) is 12.8 Å². The van der Waals surface area contributed by atoms with E-state index in [2.05, 4.69) is 26.0 Å². The van der Waals surface area contributed by atoms with Crippen molar-refractivity contribution in [1.82, 2.24) is 0 Å². The average Bonchev–Trinajstić information content (AvgIpc) is 2.42. The first-order valence-corrected chi connectivity index (χ1v) is 7.20. The number of rotatable bonds is 8. The summed E-state index contributed by atoms with van der Waals surface area (Å²) in [5.41, 5.74) is 8.29. The summed E-state index contributed by atoms with van der Waals surface area (Å²) in [5, 5.41) is 9.30. The molecule has 0 saturated heterocycles. The molecule has 2 atom stereocenters. The molecule has 0 radical (unpaired) electrons. The predicted octanol–water partition coefficient (Wildman–Crippen LogP) is 2.84. The first-order chi connectivity index (χ1) is 9.15. The van der Waals surface area contributed by atoms with E-state index in [1.807, 2.05) is 13.0 Å². The number of aliphatic hydroxyl groups excluding tert-OH is 1. The van der Waals surface area contributed by atoms with Gasteiger partial charge in [0, 0.05) is 6.61 Å². The van der Waals surface area contributed by atoms with Gasteiger partial charge in [-0.3, -0.25) is 0 Å². The molecule has 0 bridgehead atoms. The zero-order valence-electron chi connectivity index (χ0n) is 12.4. The molecule has 108 valence electrons. The summed E-state index contributed by atoms with van der Waals surface area (Å²) in [6.07, 6.45) is 2.00. The highest BCUT2D eigenvalue weighted by Crippen LogP contribution is 2.31. The van der Waals surface area contributed by atoms with Gasteiger partial charge in [-0.15, -0.1) is 0 Å². The van der Waals surface area contributed by atoms with Gasteiger partial charge in [-0.1, -0.05) is 13.0 Å². The molecular formula is C16H27NO2. The molecule has 3 nitrogen and oxygen atoms in total. The van der Waals surface area contributed by atoms with Gasteiger partial charge in [-0.05, 0) is 68.3 Å². The number of ether oxygens (including phenoxy) is 1. The molecule has 0 saturated carbocycles. The van der Waals surface area contributed by atoms with Crippen LogP contribution in [0.3, 0.4) is 0 Å². The van der Waals surface area contributed by atoms with Crippen LogP contribution in [0.15, 0.2) is 18.2 Å². The maximum atomic E-state index is 9.30. The van der Waals surface area contributed by atoms with Crippen molar-refractivity contribution in [1.29, 1.82) is 0 Å². The fourth-order valence-electron chi connectivity index (χ4n) is 2.52.